The molecule has 0 saturated carbocycles. The SMILES string of the molecule is Cc1cc(NC2=CN(Sc3ccc(NC(=O)NC(C)C)cc3)CC3=NC=C[N+]23)n[nH]1. The summed E-state index contributed by atoms with van der Waals surface area (Å²) in [5.74, 6) is 2.56. The number of urea groups is 1. The molecule has 4 N–H and O–H groups in total. The van der Waals surface area contributed by atoms with Gasteiger partial charge in [-0.3, -0.25) is 14.7 Å². The van der Waals surface area contributed by atoms with Crippen molar-refractivity contribution >= 4 is 35.3 Å². The summed E-state index contributed by atoms with van der Waals surface area (Å²) in [4.78, 5) is 19.4. The highest BCUT2D eigenvalue weighted by atomic mass is 32.2. The summed E-state index contributed by atoms with van der Waals surface area (Å²) in [6.45, 7) is 6.47. The molecule has 2 aromatic rings. The molecule has 0 aliphatic carbocycles. The number of rotatable bonds is 6. The minimum Gasteiger partial charge on any atom is -0.336 e. The molecule has 3 heterocycles. The molecule has 155 valence electrons. The first-order valence-electron chi connectivity index (χ1n) is 9.62. The Bertz CT molecular complexity index is 1010. The zero-order chi connectivity index (χ0) is 21.1. The van der Waals surface area contributed by atoms with E-state index in [-0.39, 0.29) is 12.1 Å². The molecular formula is C20H24N8OS+. The van der Waals surface area contributed by atoms with Gasteiger partial charge in [-0.05, 0) is 61.9 Å². The van der Waals surface area contributed by atoms with Crippen LogP contribution in [0, 0.1) is 6.92 Å². The maximum atomic E-state index is 11.8. The molecule has 1 aromatic carbocycles. The van der Waals surface area contributed by atoms with Crippen LogP contribution in [-0.2, 0) is 0 Å². The molecule has 2 aliphatic rings. The van der Waals surface area contributed by atoms with Gasteiger partial charge in [0, 0.05) is 28.4 Å². The Hall–Kier alpha value is -3.24. The van der Waals surface area contributed by atoms with Gasteiger partial charge in [0.05, 0.1) is 12.4 Å². The fourth-order valence-corrected chi connectivity index (χ4v) is 3.84. The summed E-state index contributed by atoms with van der Waals surface area (Å²) < 4.78 is 2.11. The van der Waals surface area contributed by atoms with Gasteiger partial charge >= 0.3 is 6.03 Å². The van der Waals surface area contributed by atoms with Crippen LogP contribution in [0.1, 0.15) is 19.5 Å². The Kier molecular flexibility index (Phi) is 5.77. The van der Waals surface area contributed by atoms with Crippen molar-refractivity contribution in [1.82, 2.24) is 24.7 Å². The maximum absolute atomic E-state index is 11.8. The molecule has 0 fully saturated rings. The predicted octanol–water partition coefficient (Wildman–Crippen LogP) is 3.51. The molecule has 10 heteroatoms. The number of hydrogen-bond acceptors (Lipinski definition) is 7. The molecule has 2 aliphatic heterocycles. The molecule has 2 amide bonds. The van der Waals surface area contributed by atoms with Crippen molar-refractivity contribution in [2.45, 2.75) is 31.7 Å². The predicted molar refractivity (Wildman–Crippen MR) is 120 cm³/mol. The third-order valence-electron chi connectivity index (χ3n) is 4.26. The van der Waals surface area contributed by atoms with Gasteiger partial charge in [0.15, 0.2) is 12.0 Å². The zero-order valence-electron chi connectivity index (χ0n) is 17.0. The number of nitrogens with one attached hydrogen (secondary N) is 4. The maximum Gasteiger partial charge on any atom is 0.319 e. The fraction of sp³-hybridized carbons (Fsp3) is 0.250. The number of aromatic nitrogens is 2. The number of aryl methyl sites for hydroxylation is 1. The van der Waals surface area contributed by atoms with Crippen LogP contribution in [0.15, 0.2) is 64.6 Å². The Labute approximate surface area is 179 Å². The normalized spacial score (nSPS) is 15.7. The van der Waals surface area contributed by atoms with Gasteiger partial charge in [-0.2, -0.15) is 10.1 Å². The number of hydrogen-bond donors (Lipinski definition) is 4. The molecule has 4 rings (SSSR count). The van der Waals surface area contributed by atoms with E-state index in [1.165, 1.54) is 0 Å². The Morgan fingerprint density at radius 1 is 1.30 bits per heavy atom. The second kappa shape index (κ2) is 8.64. The molecular weight excluding hydrogens is 400 g/mol. The van der Waals surface area contributed by atoms with Crippen LogP contribution >= 0.6 is 11.9 Å². The quantitative estimate of drug-likeness (QED) is 0.420. The molecule has 9 nitrogen and oxygen atoms in total. The number of fused-ring (bicyclic) bond motifs is 1. The van der Waals surface area contributed by atoms with Crippen LogP contribution < -0.4 is 20.9 Å². The average molecular weight is 425 g/mol. The number of aromatic amines is 1. The van der Waals surface area contributed by atoms with Crippen LogP contribution in [0.5, 0.6) is 0 Å². The lowest BCUT2D eigenvalue weighted by atomic mass is 10.3. The summed E-state index contributed by atoms with van der Waals surface area (Å²) in [6, 6.07) is 9.58. The topological polar surface area (TPSA) is 103 Å². The van der Waals surface area contributed by atoms with Crippen molar-refractivity contribution < 1.29 is 4.79 Å². The van der Waals surface area contributed by atoms with Crippen LogP contribution in [0.25, 0.3) is 0 Å². The molecule has 0 atom stereocenters. The lowest BCUT2D eigenvalue weighted by Crippen LogP contribution is -2.42. The van der Waals surface area contributed by atoms with Crippen LogP contribution in [0.4, 0.5) is 16.3 Å². The van der Waals surface area contributed by atoms with E-state index >= 15 is 0 Å². The lowest BCUT2D eigenvalue weighted by molar-refractivity contribution is 0.250. The van der Waals surface area contributed by atoms with E-state index in [0.717, 1.165) is 33.8 Å². The fourth-order valence-electron chi connectivity index (χ4n) is 2.98. The van der Waals surface area contributed by atoms with Crippen LogP contribution in [0.2, 0.25) is 0 Å². The highest BCUT2D eigenvalue weighted by Gasteiger charge is 2.37. The average Bonchev–Trinajstić information content (AvgIpc) is 3.31. The summed E-state index contributed by atoms with van der Waals surface area (Å²) in [7, 11) is 0. The van der Waals surface area contributed by atoms with E-state index in [9.17, 15) is 4.79 Å². The minimum absolute atomic E-state index is 0.0893. The summed E-state index contributed by atoms with van der Waals surface area (Å²) >= 11 is 1.60. The summed E-state index contributed by atoms with van der Waals surface area (Å²) in [6.07, 6.45) is 5.75. The molecule has 30 heavy (non-hydrogen) atoms. The van der Waals surface area contributed by atoms with Crippen molar-refractivity contribution in [2.24, 2.45) is 4.99 Å². The third-order valence-corrected chi connectivity index (χ3v) is 5.21. The molecule has 1 radical (unpaired) electrons. The van der Waals surface area contributed by atoms with Gasteiger partial charge in [-0.25, -0.2) is 4.79 Å². The van der Waals surface area contributed by atoms with E-state index in [0.29, 0.717) is 6.54 Å². The van der Waals surface area contributed by atoms with Crippen molar-refractivity contribution in [3.8, 4) is 0 Å². The number of carbonyl (C=O) groups is 1. The molecule has 1 aromatic heterocycles. The Balaban J connectivity index is 1.44. The number of amides is 2. The van der Waals surface area contributed by atoms with Gasteiger partial charge in [-0.1, -0.05) is 0 Å². The lowest BCUT2D eigenvalue weighted by Gasteiger charge is -2.24. The first-order valence-corrected chi connectivity index (χ1v) is 10.4. The van der Waals surface area contributed by atoms with Gasteiger partial charge in [0.2, 0.25) is 0 Å². The van der Waals surface area contributed by atoms with E-state index in [1.807, 2.05) is 68.4 Å². The summed E-state index contributed by atoms with van der Waals surface area (Å²) in [5.41, 5.74) is 1.74. The highest BCUT2D eigenvalue weighted by Crippen LogP contribution is 2.29. The Morgan fingerprint density at radius 3 is 2.80 bits per heavy atom. The van der Waals surface area contributed by atoms with E-state index in [4.69, 9.17) is 0 Å². The smallest absolute Gasteiger partial charge is 0.319 e. The number of carbonyl (C=O) groups excluding carboxylic acids is 1. The second-order valence-corrected chi connectivity index (χ2v) is 8.36. The minimum atomic E-state index is -0.208. The third kappa shape index (κ3) is 4.84. The van der Waals surface area contributed by atoms with E-state index < -0.39 is 0 Å². The van der Waals surface area contributed by atoms with E-state index in [1.54, 1.807) is 18.1 Å². The van der Waals surface area contributed by atoms with Crippen molar-refractivity contribution in [2.75, 3.05) is 17.2 Å². The highest BCUT2D eigenvalue weighted by molar-refractivity contribution is 7.97. The summed E-state index contributed by atoms with van der Waals surface area (Å²) in [5, 5.41) is 16.2. The standard InChI is InChI=1S/C20H24N8OS/c1-13(2)22-20(29)23-15-4-6-16(7-5-15)30-27-11-18-21-8-9-28(18)19(12-27)24-17-10-14(3)25-26-17/h4-10,12-13H,11H2,1-3H3,(H2,22,23,29)(H2,24,25,26)/q+1. The zero-order valence-corrected chi connectivity index (χ0v) is 17.8. The van der Waals surface area contributed by atoms with Crippen LogP contribution in [0.3, 0.4) is 0 Å². The number of aliphatic imine (C=N–C) groups is 1. The number of benzene rings is 1. The van der Waals surface area contributed by atoms with Gasteiger partial charge in [-0.15, -0.1) is 0 Å². The van der Waals surface area contributed by atoms with Gasteiger partial charge in [0.1, 0.15) is 6.54 Å². The largest absolute Gasteiger partial charge is 0.336 e. The van der Waals surface area contributed by atoms with Crippen molar-refractivity contribution in [1.29, 1.82) is 0 Å². The first-order chi connectivity index (χ1) is 14.5. The molecule has 0 bridgehead atoms. The molecule has 0 spiro atoms. The number of nitrogens with zero attached hydrogens (tertiary/aromatic N) is 4. The monoisotopic (exact) mass is 424 g/mol. The van der Waals surface area contributed by atoms with Crippen molar-refractivity contribution in [3.63, 3.8) is 0 Å². The number of anilines is 2. The van der Waals surface area contributed by atoms with Gasteiger partial charge in [0.25, 0.3) is 11.7 Å². The Morgan fingerprint density at radius 2 is 2.10 bits per heavy atom. The second-order valence-electron chi connectivity index (χ2n) is 7.23. The van der Waals surface area contributed by atoms with Gasteiger partial charge < -0.3 is 10.6 Å². The number of H-pyrrole nitrogens is 1. The van der Waals surface area contributed by atoms with Crippen molar-refractivity contribution in [3.05, 3.63) is 60.4 Å². The molecule has 0 unspecified atom stereocenters. The number of amidine groups is 1. The first kappa shape index (κ1) is 20.0. The molecule has 0 saturated heterocycles. The van der Waals surface area contributed by atoms with Crippen LogP contribution in [-0.4, -0.2) is 39.0 Å². The van der Waals surface area contributed by atoms with E-state index in [2.05, 4.69) is 35.4 Å².